The minimum atomic E-state index is -0.659. The first-order chi connectivity index (χ1) is 18.4. The van der Waals surface area contributed by atoms with Crippen LogP contribution in [-0.2, 0) is 22.6 Å². The van der Waals surface area contributed by atoms with Gasteiger partial charge in [0.2, 0.25) is 5.91 Å². The van der Waals surface area contributed by atoms with Crippen molar-refractivity contribution in [2.24, 2.45) is 0 Å². The fraction of sp³-hybridized carbons (Fsp3) is 0.375. The van der Waals surface area contributed by atoms with E-state index in [-0.39, 0.29) is 24.5 Å². The van der Waals surface area contributed by atoms with Gasteiger partial charge in [-0.3, -0.25) is 9.59 Å². The third-order valence-electron chi connectivity index (χ3n) is 7.37. The lowest BCUT2D eigenvalue weighted by Gasteiger charge is -2.33. The summed E-state index contributed by atoms with van der Waals surface area (Å²) in [6, 6.07) is 23.1. The van der Waals surface area contributed by atoms with Crippen LogP contribution in [0.25, 0.3) is 0 Å². The number of benzene rings is 3. The Hall–Kier alpha value is -3.12. The summed E-state index contributed by atoms with van der Waals surface area (Å²) in [5.41, 5.74) is 4.08. The Morgan fingerprint density at radius 2 is 1.66 bits per heavy atom. The Labute approximate surface area is 234 Å². The summed E-state index contributed by atoms with van der Waals surface area (Å²) in [5.74, 6) is 0.369. The summed E-state index contributed by atoms with van der Waals surface area (Å²) in [7, 11) is 0. The molecule has 1 N–H and O–H groups in total. The lowest BCUT2D eigenvalue weighted by atomic mass is 9.94. The van der Waals surface area contributed by atoms with Gasteiger partial charge in [0.15, 0.2) is 6.61 Å². The summed E-state index contributed by atoms with van der Waals surface area (Å²) in [5, 5.41) is 3.28. The molecule has 5 nitrogen and oxygen atoms in total. The summed E-state index contributed by atoms with van der Waals surface area (Å²) >= 11 is 3.54. The Morgan fingerprint density at radius 3 is 2.39 bits per heavy atom. The average molecular weight is 578 g/mol. The second-order valence-electron chi connectivity index (χ2n) is 10.2. The number of rotatable bonds is 10. The highest BCUT2D eigenvalue weighted by atomic mass is 79.9. The second-order valence-corrected chi connectivity index (χ2v) is 11.1. The molecule has 38 heavy (non-hydrogen) atoms. The highest BCUT2D eigenvalue weighted by Crippen LogP contribution is 2.23. The minimum absolute atomic E-state index is 0.101. The molecule has 0 spiro atoms. The molecule has 3 aromatic rings. The molecule has 1 aliphatic carbocycles. The fourth-order valence-corrected chi connectivity index (χ4v) is 5.48. The quantitative estimate of drug-likeness (QED) is 0.298. The molecule has 0 aliphatic heterocycles. The molecule has 0 bridgehead atoms. The third-order valence-corrected chi connectivity index (χ3v) is 7.86. The summed E-state index contributed by atoms with van der Waals surface area (Å²) in [6.45, 7) is 4.18. The summed E-state index contributed by atoms with van der Waals surface area (Å²) in [6.07, 6.45) is 5.86. The molecule has 1 fully saturated rings. The topological polar surface area (TPSA) is 58.6 Å². The Bertz CT molecular complexity index is 1220. The van der Waals surface area contributed by atoms with E-state index in [1.165, 1.54) is 6.42 Å². The first kappa shape index (κ1) is 27.9. The zero-order chi connectivity index (χ0) is 26.9. The number of hydrogen-bond acceptors (Lipinski definition) is 3. The predicted molar refractivity (Wildman–Crippen MR) is 155 cm³/mol. The smallest absolute Gasteiger partial charge is 0.261 e. The Morgan fingerprint density at radius 1 is 0.947 bits per heavy atom. The van der Waals surface area contributed by atoms with Gasteiger partial charge in [-0.05, 0) is 67.1 Å². The van der Waals surface area contributed by atoms with Crippen LogP contribution in [0.15, 0.2) is 77.3 Å². The molecule has 200 valence electrons. The highest BCUT2D eigenvalue weighted by molar-refractivity contribution is 9.10. The van der Waals surface area contributed by atoms with Crippen LogP contribution in [0.2, 0.25) is 0 Å². The van der Waals surface area contributed by atoms with Crippen LogP contribution in [0.4, 0.5) is 0 Å². The van der Waals surface area contributed by atoms with Crippen molar-refractivity contribution in [3.05, 3.63) is 99.5 Å². The largest absolute Gasteiger partial charge is 0.483 e. The van der Waals surface area contributed by atoms with Crippen LogP contribution in [0.3, 0.4) is 0 Å². The van der Waals surface area contributed by atoms with Gasteiger partial charge in [0.05, 0.1) is 0 Å². The van der Waals surface area contributed by atoms with Gasteiger partial charge in [-0.1, -0.05) is 89.8 Å². The molecule has 0 aromatic heterocycles. The van der Waals surface area contributed by atoms with E-state index in [2.05, 4.69) is 21.2 Å². The number of nitrogens with zero attached hydrogens (tertiary/aromatic N) is 1. The summed E-state index contributed by atoms with van der Waals surface area (Å²) in [4.78, 5) is 29.4. The number of hydrogen-bond donors (Lipinski definition) is 1. The van der Waals surface area contributed by atoms with Crippen molar-refractivity contribution in [1.82, 2.24) is 10.2 Å². The second kappa shape index (κ2) is 13.6. The maximum atomic E-state index is 13.8. The molecule has 4 rings (SSSR count). The van der Waals surface area contributed by atoms with Crippen LogP contribution < -0.4 is 10.1 Å². The van der Waals surface area contributed by atoms with E-state index in [9.17, 15) is 9.59 Å². The number of nitrogens with one attached hydrogen (secondary N) is 1. The Kier molecular flexibility index (Phi) is 9.99. The minimum Gasteiger partial charge on any atom is -0.483 e. The highest BCUT2D eigenvalue weighted by Gasteiger charge is 2.32. The predicted octanol–water partition coefficient (Wildman–Crippen LogP) is 6.53. The van der Waals surface area contributed by atoms with Crippen molar-refractivity contribution < 1.29 is 14.3 Å². The maximum Gasteiger partial charge on any atom is 0.261 e. The van der Waals surface area contributed by atoms with Gasteiger partial charge in [-0.15, -0.1) is 0 Å². The van der Waals surface area contributed by atoms with Crippen LogP contribution in [0, 0.1) is 13.8 Å². The lowest BCUT2D eigenvalue weighted by molar-refractivity contribution is -0.143. The monoisotopic (exact) mass is 576 g/mol. The first-order valence-corrected chi connectivity index (χ1v) is 14.3. The zero-order valence-electron chi connectivity index (χ0n) is 22.3. The van der Waals surface area contributed by atoms with E-state index >= 15 is 0 Å². The van der Waals surface area contributed by atoms with Crippen molar-refractivity contribution in [2.75, 3.05) is 6.61 Å². The van der Waals surface area contributed by atoms with Gasteiger partial charge in [0.25, 0.3) is 5.91 Å². The molecule has 1 atom stereocenters. The van der Waals surface area contributed by atoms with E-state index in [4.69, 9.17) is 4.74 Å². The SMILES string of the molecule is Cc1cccc(OCC(=O)N(Cc2cccc(Br)c2)[C@H](Cc2ccccc2)C(=O)NC2CCCCC2)c1C. The molecule has 1 aliphatic rings. The molecule has 0 unspecified atom stereocenters. The normalized spacial score (nSPS) is 14.5. The summed E-state index contributed by atoms with van der Waals surface area (Å²) < 4.78 is 6.95. The van der Waals surface area contributed by atoms with Crippen molar-refractivity contribution in [1.29, 1.82) is 0 Å². The number of aryl methyl sites for hydroxylation is 1. The number of amides is 2. The molecule has 0 radical (unpaired) electrons. The maximum absolute atomic E-state index is 13.8. The number of carbonyl (C=O) groups excluding carboxylic acids is 2. The number of halogens is 1. The van der Waals surface area contributed by atoms with Crippen molar-refractivity contribution in [3.63, 3.8) is 0 Å². The van der Waals surface area contributed by atoms with Crippen molar-refractivity contribution >= 4 is 27.7 Å². The molecule has 6 heteroatoms. The zero-order valence-corrected chi connectivity index (χ0v) is 23.9. The standard InChI is InChI=1S/C32H37BrN2O3/c1-23-11-9-18-30(24(23)2)38-22-31(36)35(21-26-14-10-15-27(33)19-26)29(20-25-12-5-3-6-13-25)32(37)34-28-16-7-4-8-17-28/h3,5-6,9-15,18-19,28-29H,4,7-8,16-17,20-22H2,1-2H3,(H,34,37)/t29-/m1/s1. The number of carbonyl (C=O) groups is 2. The van der Waals surface area contributed by atoms with Crippen LogP contribution >= 0.6 is 15.9 Å². The van der Waals surface area contributed by atoms with Gasteiger partial charge in [0.1, 0.15) is 11.8 Å². The molecule has 0 heterocycles. The van der Waals surface area contributed by atoms with Crippen molar-refractivity contribution in [2.45, 2.75) is 71.0 Å². The van der Waals surface area contributed by atoms with Crippen molar-refractivity contribution in [3.8, 4) is 5.75 Å². The van der Waals surface area contributed by atoms with E-state index in [1.54, 1.807) is 4.90 Å². The molecular weight excluding hydrogens is 540 g/mol. The van der Waals surface area contributed by atoms with Crippen LogP contribution in [0.5, 0.6) is 5.75 Å². The van der Waals surface area contributed by atoms with E-state index in [1.807, 2.05) is 86.6 Å². The van der Waals surface area contributed by atoms with Crippen LogP contribution in [-0.4, -0.2) is 35.4 Å². The lowest BCUT2D eigenvalue weighted by Crippen LogP contribution is -2.53. The molecular formula is C32H37BrN2O3. The fourth-order valence-electron chi connectivity index (χ4n) is 5.03. The van der Waals surface area contributed by atoms with E-state index in [0.717, 1.165) is 52.4 Å². The van der Waals surface area contributed by atoms with Gasteiger partial charge in [0, 0.05) is 23.5 Å². The molecule has 1 saturated carbocycles. The van der Waals surface area contributed by atoms with Gasteiger partial charge >= 0.3 is 0 Å². The first-order valence-electron chi connectivity index (χ1n) is 13.5. The molecule has 2 amide bonds. The Balaban J connectivity index is 1.62. The number of ether oxygens (including phenoxy) is 1. The molecule has 3 aromatic carbocycles. The van der Waals surface area contributed by atoms with Gasteiger partial charge in [-0.25, -0.2) is 0 Å². The van der Waals surface area contributed by atoms with Crippen LogP contribution in [0.1, 0.15) is 54.4 Å². The van der Waals surface area contributed by atoms with Gasteiger partial charge in [-0.2, -0.15) is 0 Å². The van der Waals surface area contributed by atoms with E-state index < -0.39 is 6.04 Å². The van der Waals surface area contributed by atoms with Gasteiger partial charge < -0.3 is 15.0 Å². The third kappa shape index (κ3) is 7.70. The molecule has 0 saturated heterocycles. The average Bonchev–Trinajstić information content (AvgIpc) is 2.92. The van der Waals surface area contributed by atoms with E-state index in [0.29, 0.717) is 18.7 Å².